The highest BCUT2D eigenvalue weighted by Crippen LogP contribution is 2.33. The second-order valence-electron chi connectivity index (χ2n) is 6.04. The van der Waals surface area contributed by atoms with Crippen LogP contribution in [0.25, 0.3) is 22.2 Å². The van der Waals surface area contributed by atoms with Crippen molar-refractivity contribution in [2.45, 2.75) is 20.4 Å². The van der Waals surface area contributed by atoms with E-state index in [0.717, 1.165) is 22.4 Å². The fourth-order valence-corrected chi connectivity index (χ4v) is 3.30. The maximum Gasteiger partial charge on any atom is 0.191 e. The largest absolute Gasteiger partial charge is 0.446 e. The molecule has 0 saturated heterocycles. The summed E-state index contributed by atoms with van der Waals surface area (Å²) >= 11 is 11.9. The molecule has 0 radical (unpaired) electrons. The zero-order valence-corrected chi connectivity index (χ0v) is 15.6. The van der Waals surface area contributed by atoms with Crippen LogP contribution in [0.2, 0.25) is 10.2 Å². The number of aryl methyl sites for hydroxylation is 2. The van der Waals surface area contributed by atoms with Crippen LogP contribution in [0.4, 0.5) is 4.39 Å². The minimum absolute atomic E-state index is 0.0901. The Balaban J connectivity index is 1.89. The molecular weight excluding hydrogens is 376 g/mol. The summed E-state index contributed by atoms with van der Waals surface area (Å²) < 4.78 is 21.4. The summed E-state index contributed by atoms with van der Waals surface area (Å²) in [4.78, 5) is 8.86. The Labute approximate surface area is 159 Å². The first-order valence-corrected chi connectivity index (χ1v) is 8.71. The van der Waals surface area contributed by atoms with Crippen molar-refractivity contribution in [3.8, 4) is 11.1 Å². The standard InChI is InChI=1S/C19H14Cl2FN3O/c1-10-17(23-11(2)26-10)9-25-8-14(12-3-5-15(20)16(22)7-12)13-4-6-18(21)24-19(13)25/h3-8H,9H2,1-2H3. The molecule has 4 rings (SSSR count). The molecule has 0 saturated carbocycles. The van der Waals surface area contributed by atoms with Crippen LogP contribution >= 0.6 is 23.2 Å². The number of benzene rings is 1. The molecule has 0 bridgehead atoms. The van der Waals surface area contributed by atoms with Crippen molar-refractivity contribution >= 4 is 34.2 Å². The summed E-state index contributed by atoms with van der Waals surface area (Å²) in [5.74, 6) is 0.903. The van der Waals surface area contributed by atoms with Crippen molar-refractivity contribution in [3.63, 3.8) is 0 Å². The van der Waals surface area contributed by atoms with Crippen LogP contribution in [0, 0.1) is 19.7 Å². The second kappa shape index (κ2) is 6.41. The van der Waals surface area contributed by atoms with Crippen molar-refractivity contribution < 1.29 is 8.81 Å². The predicted octanol–water partition coefficient (Wildman–Crippen LogP) is 5.80. The Morgan fingerprint density at radius 3 is 2.62 bits per heavy atom. The van der Waals surface area contributed by atoms with Gasteiger partial charge in [0, 0.05) is 24.1 Å². The first-order chi connectivity index (χ1) is 12.4. The molecular formula is C19H14Cl2FN3O. The van der Waals surface area contributed by atoms with E-state index in [9.17, 15) is 4.39 Å². The van der Waals surface area contributed by atoms with E-state index in [2.05, 4.69) is 9.97 Å². The van der Waals surface area contributed by atoms with E-state index in [4.69, 9.17) is 27.6 Å². The van der Waals surface area contributed by atoms with Crippen molar-refractivity contribution in [2.75, 3.05) is 0 Å². The Morgan fingerprint density at radius 1 is 1.12 bits per heavy atom. The van der Waals surface area contributed by atoms with Gasteiger partial charge in [0.2, 0.25) is 0 Å². The smallest absolute Gasteiger partial charge is 0.191 e. The molecule has 132 valence electrons. The summed E-state index contributed by atoms with van der Waals surface area (Å²) in [6, 6.07) is 8.34. The molecule has 3 heterocycles. The monoisotopic (exact) mass is 389 g/mol. The lowest BCUT2D eigenvalue weighted by atomic mass is 10.1. The van der Waals surface area contributed by atoms with Gasteiger partial charge in [0.1, 0.15) is 28.1 Å². The molecule has 1 aromatic carbocycles. The predicted molar refractivity (Wildman–Crippen MR) is 100 cm³/mol. The van der Waals surface area contributed by atoms with Crippen LogP contribution in [0.15, 0.2) is 40.9 Å². The third kappa shape index (κ3) is 2.97. The lowest BCUT2D eigenvalue weighted by Gasteiger charge is -2.02. The van der Waals surface area contributed by atoms with Gasteiger partial charge in [-0.1, -0.05) is 29.3 Å². The first-order valence-electron chi connectivity index (χ1n) is 7.96. The van der Waals surface area contributed by atoms with Gasteiger partial charge in [-0.25, -0.2) is 14.4 Å². The van der Waals surface area contributed by atoms with Gasteiger partial charge in [-0.3, -0.25) is 0 Å². The molecule has 7 heteroatoms. The van der Waals surface area contributed by atoms with Crippen LogP contribution < -0.4 is 0 Å². The fourth-order valence-electron chi connectivity index (χ4n) is 3.04. The normalized spacial score (nSPS) is 11.4. The average Bonchev–Trinajstić information content (AvgIpc) is 3.10. The third-order valence-electron chi connectivity index (χ3n) is 4.24. The molecule has 0 fully saturated rings. The van der Waals surface area contributed by atoms with Crippen molar-refractivity contribution in [3.05, 3.63) is 69.9 Å². The maximum atomic E-state index is 13.9. The molecule has 4 aromatic rings. The topological polar surface area (TPSA) is 43.9 Å². The van der Waals surface area contributed by atoms with Crippen LogP contribution in [0.3, 0.4) is 0 Å². The molecule has 0 N–H and O–H groups in total. The molecule has 0 aliphatic heterocycles. The summed E-state index contributed by atoms with van der Waals surface area (Å²) in [5, 5.41) is 1.35. The molecule has 0 unspecified atom stereocenters. The number of nitrogens with zero attached hydrogens (tertiary/aromatic N) is 3. The minimum atomic E-state index is -0.463. The summed E-state index contributed by atoms with van der Waals surface area (Å²) in [6.07, 6.45) is 1.92. The summed E-state index contributed by atoms with van der Waals surface area (Å²) in [6.45, 7) is 4.15. The fraction of sp³-hybridized carbons (Fsp3) is 0.158. The quantitative estimate of drug-likeness (QED) is 0.415. The number of fused-ring (bicyclic) bond motifs is 1. The van der Waals surface area contributed by atoms with E-state index in [-0.39, 0.29) is 5.02 Å². The van der Waals surface area contributed by atoms with Gasteiger partial charge in [-0.05, 0) is 36.8 Å². The van der Waals surface area contributed by atoms with Gasteiger partial charge in [0.15, 0.2) is 5.89 Å². The van der Waals surface area contributed by atoms with Crippen molar-refractivity contribution in [2.24, 2.45) is 0 Å². The summed E-state index contributed by atoms with van der Waals surface area (Å²) in [5.41, 5.74) is 3.07. The first kappa shape index (κ1) is 17.1. The van der Waals surface area contributed by atoms with Gasteiger partial charge in [-0.15, -0.1) is 0 Å². The molecule has 0 amide bonds. The molecule has 0 aliphatic carbocycles. The number of halogens is 3. The highest BCUT2D eigenvalue weighted by molar-refractivity contribution is 6.31. The molecule has 0 spiro atoms. The number of aromatic nitrogens is 3. The molecule has 0 aliphatic rings. The second-order valence-corrected chi connectivity index (χ2v) is 6.83. The number of oxazole rings is 1. The summed E-state index contributed by atoms with van der Waals surface area (Å²) in [7, 11) is 0. The van der Waals surface area contributed by atoms with Crippen molar-refractivity contribution in [1.29, 1.82) is 0 Å². The Bertz CT molecular complexity index is 1130. The molecule has 4 nitrogen and oxygen atoms in total. The number of hydrogen-bond acceptors (Lipinski definition) is 3. The van der Waals surface area contributed by atoms with Gasteiger partial charge < -0.3 is 8.98 Å². The van der Waals surface area contributed by atoms with E-state index in [1.807, 2.05) is 23.8 Å². The van der Waals surface area contributed by atoms with Crippen LogP contribution in [0.1, 0.15) is 17.3 Å². The van der Waals surface area contributed by atoms with E-state index < -0.39 is 5.82 Å². The molecule has 26 heavy (non-hydrogen) atoms. The lowest BCUT2D eigenvalue weighted by Crippen LogP contribution is -2.01. The van der Waals surface area contributed by atoms with E-state index in [1.54, 1.807) is 25.1 Å². The minimum Gasteiger partial charge on any atom is -0.446 e. The SMILES string of the molecule is Cc1nc(Cn2cc(-c3ccc(Cl)c(F)c3)c3ccc(Cl)nc32)c(C)o1. The Hall–Kier alpha value is -2.37. The van der Waals surface area contributed by atoms with Crippen LogP contribution in [-0.4, -0.2) is 14.5 Å². The van der Waals surface area contributed by atoms with Gasteiger partial charge >= 0.3 is 0 Å². The van der Waals surface area contributed by atoms with Gasteiger partial charge in [0.05, 0.1) is 11.6 Å². The Morgan fingerprint density at radius 2 is 1.92 bits per heavy atom. The van der Waals surface area contributed by atoms with Crippen molar-refractivity contribution in [1.82, 2.24) is 14.5 Å². The lowest BCUT2D eigenvalue weighted by molar-refractivity contribution is 0.492. The van der Waals surface area contributed by atoms with Crippen LogP contribution in [-0.2, 0) is 6.54 Å². The zero-order valence-electron chi connectivity index (χ0n) is 14.1. The van der Waals surface area contributed by atoms with Gasteiger partial charge in [-0.2, -0.15) is 0 Å². The third-order valence-corrected chi connectivity index (χ3v) is 4.76. The van der Waals surface area contributed by atoms with Gasteiger partial charge in [0.25, 0.3) is 0 Å². The maximum absolute atomic E-state index is 13.9. The average molecular weight is 390 g/mol. The number of pyridine rings is 1. The zero-order chi connectivity index (χ0) is 18.4. The molecule has 3 aromatic heterocycles. The molecule has 0 atom stereocenters. The van der Waals surface area contributed by atoms with E-state index in [1.165, 1.54) is 6.07 Å². The highest BCUT2D eigenvalue weighted by Gasteiger charge is 2.16. The number of rotatable bonds is 3. The van der Waals surface area contributed by atoms with Crippen LogP contribution in [0.5, 0.6) is 0 Å². The number of hydrogen-bond donors (Lipinski definition) is 0. The highest BCUT2D eigenvalue weighted by atomic mass is 35.5. The van der Waals surface area contributed by atoms with E-state index >= 15 is 0 Å². The Kier molecular flexibility index (Phi) is 4.21. The van der Waals surface area contributed by atoms with E-state index in [0.29, 0.717) is 28.8 Å².